The van der Waals surface area contributed by atoms with E-state index in [0.29, 0.717) is 6.54 Å². The molecular weight excluding hydrogens is 220 g/mol. The van der Waals surface area contributed by atoms with Crippen molar-refractivity contribution in [2.75, 3.05) is 0 Å². The van der Waals surface area contributed by atoms with Gasteiger partial charge in [0.1, 0.15) is 0 Å². The maximum atomic E-state index is 6.06. The van der Waals surface area contributed by atoms with Crippen molar-refractivity contribution in [1.82, 2.24) is 4.98 Å². The Kier molecular flexibility index (Phi) is 2.72. The van der Waals surface area contributed by atoms with Crippen LogP contribution in [0.15, 0.2) is 18.2 Å². The van der Waals surface area contributed by atoms with E-state index >= 15 is 0 Å². The van der Waals surface area contributed by atoms with Crippen molar-refractivity contribution < 1.29 is 0 Å². The number of H-pyrrole nitrogens is 1. The zero-order valence-electron chi connectivity index (χ0n) is 9.89. The maximum Gasteiger partial charge on any atom is 0.0502 e. The number of hydrogen-bond donors (Lipinski definition) is 2. The summed E-state index contributed by atoms with van der Waals surface area (Å²) in [6.07, 6.45) is 0. The Morgan fingerprint density at radius 3 is 2.50 bits per heavy atom. The van der Waals surface area contributed by atoms with E-state index < -0.39 is 0 Å². The first-order valence-corrected chi connectivity index (χ1v) is 5.81. The zero-order chi connectivity index (χ0) is 11.9. The predicted molar refractivity (Wildman–Crippen MR) is 69.9 cm³/mol. The van der Waals surface area contributed by atoms with Gasteiger partial charge in [-0.15, -0.1) is 0 Å². The summed E-state index contributed by atoms with van der Waals surface area (Å²) in [5.74, 6) is 0. The number of benzene rings is 1. The summed E-state index contributed by atoms with van der Waals surface area (Å²) >= 11 is 6.06. The first-order valence-electron chi connectivity index (χ1n) is 5.43. The molecule has 2 aromatic rings. The maximum absolute atomic E-state index is 6.06. The van der Waals surface area contributed by atoms with E-state index in [1.165, 1.54) is 5.69 Å². The fourth-order valence-electron chi connectivity index (χ4n) is 1.84. The lowest BCUT2D eigenvalue weighted by Gasteiger charge is -2.15. The highest BCUT2D eigenvalue weighted by Gasteiger charge is 2.17. The third-order valence-corrected chi connectivity index (χ3v) is 3.02. The van der Waals surface area contributed by atoms with Crippen LogP contribution in [-0.2, 0) is 12.0 Å². The highest BCUT2D eigenvalue weighted by atomic mass is 35.5. The van der Waals surface area contributed by atoms with Gasteiger partial charge in [0, 0.05) is 28.1 Å². The Hall–Kier alpha value is -0.990. The normalized spacial score (nSPS) is 12.3. The molecule has 0 atom stereocenters. The number of fused-ring (bicyclic) bond motifs is 1. The molecule has 0 spiro atoms. The molecule has 0 aliphatic rings. The largest absolute Gasteiger partial charge is 0.358 e. The van der Waals surface area contributed by atoms with Crippen LogP contribution in [-0.4, -0.2) is 4.98 Å². The number of halogens is 1. The van der Waals surface area contributed by atoms with Gasteiger partial charge in [0.15, 0.2) is 0 Å². The summed E-state index contributed by atoms with van der Waals surface area (Å²) in [5, 5.41) is 1.88. The van der Waals surface area contributed by atoms with E-state index in [9.17, 15) is 0 Å². The molecule has 0 fully saturated rings. The summed E-state index contributed by atoms with van der Waals surface area (Å²) in [6, 6.07) is 6.05. The van der Waals surface area contributed by atoms with Crippen LogP contribution in [0.1, 0.15) is 32.0 Å². The van der Waals surface area contributed by atoms with Gasteiger partial charge in [0.25, 0.3) is 0 Å². The first-order chi connectivity index (χ1) is 7.41. The van der Waals surface area contributed by atoms with E-state index in [0.717, 1.165) is 21.5 Å². The van der Waals surface area contributed by atoms with Crippen LogP contribution in [0, 0.1) is 0 Å². The molecule has 16 heavy (non-hydrogen) atoms. The van der Waals surface area contributed by atoms with Crippen LogP contribution in [0.5, 0.6) is 0 Å². The summed E-state index contributed by atoms with van der Waals surface area (Å²) in [7, 11) is 0. The van der Waals surface area contributed by atoms with Crippen molar-refractivity contribution in [3.05, 3.63) is 34.5 Å². The second-order valence-electron chi connectivity index (χ2n) is 5.17. The zero-order valence-corrected chi connectivity index (χ0v) is 10.7. The summed E-state index contributed by atoms with van der Waals surface area (Å²) < 4.78 is 0. The smallest absolute Gasteiger partial charge is 0.0502 e. The number of rotatable bonds is 1. The average molecular weight is 237 g/mol. The van der Waals surface area contributed by atoms with E-state index in [1.54, 1.807) is 0 Å². The van der Waals surface area contributed by atoms with Crippen LogP contribution >= 0.6 is 11.6 Å². The van der Waals surface area contributed by atoms with Crippen molar-refractivity contribution in [3.8, 4) is 0 Å². The number of nitrogens with one attached hydrogen (secondary N) is 1. The van der Waals surface area contributed by atoms with E-state index in [1.807, 2.05) is 12.1 Å². The van der Waals surface area contributed by atoms with Gasteiger partial charge >= 0.3 is 0 Å². The topological polar surface area (TPSA) is 41.8 Å². The fraction of sp³-hybridized carbons (Fsp3) is 0.385. The minimum atomic E-state index is 0.108. The van der Waals surface area contributed by atoms with Crippen molar-refractivity contribution in [3.63, 3.8) is 0 Å². The Bertz CT molecular complexity index is 520. The minimum absolute atomic E-state index is 0.108. The first kappa shape index (κ1) is 11.5. The molecule has 0 amide bonds. The number of nitrogens with two attached hydrogens (primary N) is 1. The molecule has 0 radical (unpaired) electrons. The minimum Gasteiger partial charge on any atom is -0.358 e. The molecule has 2 rings (SSSR count). The molecule has 1 aromatic heterocycles. The lowest BCUT2D eigenvalue weighted by atomic mass is 9.92. The van der Waals surface area contributed by atoms with E-state index in [4.69, 9.17) is 17.3 Å². The predicted octanol–water partition coefficient (Wildman–Crippen LogP) is 3.58. The van der Waals surface area contributed by atoms with Gasteiger partial charge in [0.05, 0.1) is 5.52 Å². The van der Waals surface area contributed by atoms with Crippen LogP contribution in [0.3, 0.4) is 0 Å². The van der Waals surface area contributed by atoms with Gasteiger partial charge in [-0.2, -0.15) is 0 Å². The molecule has 0 saturated carbocycles. The molecule has 1 aromatic carbocycles. The number of aromatic amines is 1. The molecule has 0 unspecified atom stereocenters. The van der Waals surface area contributed by atoms with Crippen molar-refractivity contribution >= 4 is 22.5 Å². The molecule has 0 bridgehead atoms. The lowest BCUT2D eigenvalue weighted by molar-refractivity contribution is 0.574. The molecule has 2 nitrogen and oxygen atoms in total. The summed E-state index contributed by atoms with van der Waals surface area (Å²) in [6.45, 7) is 7.05. The van der Waals surface area contributed by atoms with Gasteiger partial charge in [-0.05, 0) is 23.8 Å². The monoisotopic (exact) mass is 236 g/mol. The molecule has 3 heteroatoms. The standard InChI is InChI=1S/C13H17ClN2/c1-13(2,3)11-6-8-4-10(14)5-9(7-15)12(8)16-11/h4-6,16H,7,15H2,1-3H3. The Balaban J connectivity index is 2.70. The SMILES string of the molecule is CC(C)(C)c1cc2cc(Cl)cc(CN)c2[nH]1. The number of aromatic nitrogens is 1. The highest BCUT2D eigenvalue weighted by Crippen LogP contribution is 2.29. The van der Waals surface area contributed by atoms with Crippen molar-refractivity contribution in [2.24, 2.45) is 5.73 Å². The Morgan fingerprint density at radius 1 is 1.25 bits per heavy atom. The Morgan fingerprint density at radius 2 is 1.94 bits per heavy atom. The number of hydrogen-bond acceptors (Lipinski definition) is 1. The highest BCUT2D eigenvalue weighted by molar-refractivity contribution is 6.31. The van der Waals surface area contributed by atoms with E-state index in [2.05, 4.69) is 31.8 Å². The molecule has 1 heterocycles. The summed E-state index contributed by atoms with van der Waals surface area (Å²) in [4.78, 5) is 3.44. The quantitative estimate of drug-likeness (QED) is 0.781. The van der Waals surface area contributed by atoms with Gasteiger partial charge in [-0.3, -0.25) is 0 Å². The van der Waals surface area contributed by atoms with Gasteiger partial charge in [-0.25, -0.2) is 0 Å². The van der Waals surface area contributed by atoms with Crippen LogP contribution in [0.25, 0.3) is 10.9 Å². The summed E-state index contributed by atoms with van der Waals surface area (Å²) in [5.41, 5.74) is 9.22. The molecule has 0 aliphatic heterocycles. The van der Waals surface area contributed by atoms with E-state index in [-0.39, 0.29) is 5.41 Å². The molecule has 3 N–H and O–H groups in total. The fourth-order valence-corrected chi connectivity index (χ4v) is 2.09. The van der Waals surface area contributed by atoms with Gasteiger partial charge in [-0.1, -0.05) is 32.4 Å². The lowest BCUT2D eigenvalue weighted by Crippen LogP contribution is -2.11. The van der Waals surface area contributed by atoms with Crippen LogP contribution < -0.4 is 5.73 Å². The average Bonchev–Trinajstić information content (AvgIpc) is 2.59. The molecule has 0 aliphatic carbocycles. The Labute approximate surface area is 101 Å². The van der Waals surface area contributed by atoms with Crippen molar-refractivity contribution in [1.29, 1.82) is 0 Å². The molecule has 0 saturated heterocycles. The third kappa shape index (κ3) is 1.95. The molecule has 86 valence electrons. The third-order valence-electron chi connectivity index (χ3n) is 2.80. The van der Waals surface area contributed by atoms with Crippen LogP contribution in [0.2, 0.25) is 5.02 Å². The van der Waals surface area contributed by atoms with Crippen LogP contribution in [0.4, 0.5) is 0 Å². The van der Waals surface area contributed by atoms with Gasteiger partial charge < -0.3 is 10.7 Å². The van der Waals surface area contributed by atoms with Gasteiger partial charge in [0.2, 0.25) is 0 Å². The van der Waals surface area contributed by atoms with Crippen molar-refractivity contribution in [2.45, 2.75) is 32.7 Å². The second-order valence-corrected chi connectivity index (χ2v) is 5.60. The molecular formula is C13H17ClN2. The second kappa shape index (κ2) is 3.79.